The molecule has 1 aromatic carbocycles. The average molecular weight is 276 g/mol. The molecule has 1 nitrogen and oxygen atoms in total. The Kier molecular flexibility index (Phi) is 6.97. The van der Waals surface area contributed by atoms with Crippen molar-refractivity contribution in [1.29, 1.82) is 0 Å². The molecule has 4 heteroatoms. The second-order valence-corrected chi connectivity index (χ2v) is 5.27. The molecule has 0 aliphatic rings. The summed E-state index contributed by atoms with van der Waals surface area (Å²) in [6, 6.07) is 5.52. The van der Waals surface area contributed by atoms with Crippen LogP contribution in [0.25, 0.3) is 0 Å². The van der Waals surface area contributed by atoms with Crippen molar-refractivity contribution in [3.8, 4) is 0 Å². The Balaban J connectivity index is 2.26. The molecule has 88 valence electrons. The maximum Gasteiger partial charge on any atom is 0.0451 e. The van der Waals surface area contributed by atoms with Crippen LogP contribution < -0.4 is 5.32 Å². The van der Waals surface area contributed by atoms with Crippen LogP contribution in [0, 0.1) is 0 Å². The second-order valence-electron chi connectivity index (χ2n) is 3.28. The van der Waals surface area contributed by atoms with Crippen LogP contribution in [0.3, 0.4) is 0 Å². The molecule has 1 aromatic rings. The molecular weight excluding hydrogens is 261 g/mol. The Morgan fingerprint density at radius 1 is 1.38 bits per heavy atom. The van der Waals surface area contributed by atoms with E-state index in [0.29, 0.717) is 0 Å². The molecule has 0 spiro atoms. The Morgan fingerprint density at radius 2 is 2.19 bits per heavy atom. The zero-order valence-electron chi connectivity index (χ0n) is 9.01. The highest BCUT2D eigenvalue weighted by Crippen LogP contribution is 2.20. The average Bonchev–Trinajstić information content (AvgIpc) is 2.28. The van der Waals surface area contributed by atoms with Crippen molar-refractivity contribution >= 4 is 35.0 Å². The van der Waals surface area contributed by atoms with Crippen molar-refractivity contribution in [2.75, 3.05) is 18.1 Å². The van der Waals surface area contributed by atoms with E-state index in [9.17, 15) is 0 Å². The van der Waals surface area contributed by atoms with Crippen molar-refractivity contribution in [2.45, 2.75) is 6.54 Å². The number of thioether (sulfide) groups is 1. The highest BCUT2D eigenvalue weighted by molar-refractivity contribution is 7.99. The number of halogens is 2. The van der Waals surface area contributed by atoms with Gasteiger partial charge in [-0.3, -0.25) is 0 Å². The first-order chi connectivity index (χ1) is 7.74. The van der Waals surface area contributed by atoms with Crippen molar-refractivity contribution < 1.29 is 0 Å². The molecule has 0 bridgehead atoms. The van der Waals surface area contributed by atoms with E-state index in [1.807, 2.05) is 30.0 Å². The van der Waals surface area contributed by atoms with Gasteiger partial charge in [-0.05, 0) is 23.8 Å². The summed E-state index contributed by atoms with van der Waals surface area (Å²) < 4.78 is 0. The van der Waals surface area contributed by atoms with Gasteiger partial charge in [0.15, 0.2) is 0 Å². The minimum Gasteiger partial charge on any atom is -0.312 e. The van der Waals surface area contributed by atoms with Crippen LogP contribution in [0.4, 0.5) is 0 Å². The number of nitrogens with one attached hydrogen (secondary N) is 1. The van der Waals surface area contributed by atoms with Gasteiger partial charge in [0.05, 0.1) is 0 Å². The molecule has 0 radical (unpaired) electrons. The van der Waals surface area contributed by atoms with Gasteiger partial charge in [0, 0.05) is 34.6 Å². The summed E-state index contributed by atoms with van der Waals surface area (Å²) in [5.41, 5.74) is 1.04. The van der Waals surface area contributed by atoms with Gasteiger partial charge < -0.3 is 5.32 Å². The Morgan fingerprint density at radius 3 is 2.94 bits per heavy atom. The third-order valence-corrected chi connectivity index (χ3v) is 3.55. The molecule has 0 saturated heterocycles. The van der Waals surface area contributed by atoms with E-state index in [2.05, 4.69) is 11.9 Å². The van der Waals surface area contributed by atoms with Gasteiger partial charge in [0.1, 0.15) is 0 Å². The first-order valence-corrected chi connectivity index (χ1v) is 6.98. The van der Waals surface area contributed by atoms with Crippen LogP contribution in [-0.4, -0.2) is 18.1 Å². The lowest BCUT2D eigenvalue weighted by Crippen LogP contribution is -2.16. The maximum atomic E-state index is 6.04. The molecular formula is C12H15Cl2NS. The lowest BCUT2D eigenvalue weighted by molar-refractivity contribution is 0.732. The maximum absolute atomic E-state index is 6.04. The lowest BCUT2D eigenvalue weighted by atomic mass is 10.2. The standard InChI is InChI=1S/C12H15Cl2NS/c1-2-6-16-7-5-15-9-10-8-11(13)3-4-12(10)14/h2-4,8,15H,1,5-7,9H2. The number of hydrogen-bond donors (Lipinski definition) is 1. The van der Waals surface area contributed by atoms with E-state index >= 15 is 0 Å². The highest BCUT2D eigenvalue weighted by atomic mass is 35.5. The predicted molar refractivity (Wildman–Crippen MR) is 75.7 cm³/mol. The van der Waals surface area contributed by atoms with Crippen LogP contribution in [0.15, 0.2) is 30.9 Å². The van der Waals surface area contributed by atoms with Crippen LogP contribution in [-0.2, 0) is 6.54 Å². The van der Waals surface area contributed by atoms with Crippen molar-refractivity contribution in [2.24, 2.45) is 0 Å². The molecule has 0 aromatic heterocycles. The third kappa shape index (κ3) is 5.26. The molecule has 0 unspecified atom stereocenters. The zero-order valence-corrected chi connectivity index (χ0v) is 11.3. The van der Waals surface area contributed by atoms with E-state index < -0.39 is 0 Å². The van der Waals surface area contributed by atoms with E-state index in [1.165, 1.54) is 0 Å². The second kappa shape index (κ2) is 8.02. The molecule has 0 saturated carbocycles. The van der Waals surface area contributed by atoms with E-state index in [4.69, 9.17) is 23.2 Å². The Hall–Kier alpha value is -0.150. The minimum absolute atomic E-state index is 0.724. The summed E-state index contributed by atoms with van der Waals surface area (Å²) in [4.78, 5) is 0. The van der Waals surface area contributed by atoms with Crippen molar-refractivity contribution in [3.63, 3.8) is 0 Å². The van der Waals surface area contributed by atoms with Gasteiger partial charge in [-0.2, -0.15) is 11.8 Å². The number of hydrogen-bond acceptors (Lipinski definition) is 2. The lowest BCUT2D eigenvalue weighted by Gasteiger charge is -2.06. The SMILES string of the molecule is C=CCSCCNCc1cc(Cl)ccc1Cl. The Labute approximate surface area is 111 Å². The van der Waals surface area contributed by atoms with Gasteiger partial charge >= 0.3 is 0 Å². The van der Waals surface area contributed by atoms with Gasteiger partial charge in [-0.25, -0.2) is 0 Å². The predicted octanol–water partition coefficient (Wildman–Crippen LogP) is 4.00. The van der Waals surface area contributed by atoms with Crippen LogP contribution >= 0.6 is 35.0 Å². The quantitative estimate of drug-likeness (QED) is 0.596. The van der Waals surface area contributed by atoms with E-state index in [0.717, 1.165) is 40.2 Å². The summed E-state index contributed by atoms with van der Waals surface area (Å²) in [5, 5.41) is 4.81. The molecule has 1 rings (SSSR count). The highest BCUT2D eigenvalue weighted by Gasteiger charge is 2.00. The first kappa shape index (κ1) is 13.9. The summed E-state index contributed by atoms with van der Waals surface area (Å²) >= 11 is 13.8. The molecule has 0 aliphatic carbocycles. The number of rotatable bonds is 7. The summed E-state index contributed by atoms with van der Waals surface area (Å²) in [6.45, 7) is 5.39. The normalized spacial score (nSPS) is 10.4. The molecule has 0 aliphatic heterocycles. The topological polar surface area (TPSA) is 12.0 Å². The molecule has 0 amide bonds. The minimum atomic E-state index is 0.724. The summed E-state index contributed by atoms with van der Waals surface area (Å²) in [7, 11) is 0. The number of benzene rings is 1. The monoisotopic (exact) mass is 275 g/mol. The molecule has 1 N–H and O–H groups in total. The smallest absolute Gasteiger partial charge is 0.0451 e. The third-order valence-electron chi connectivity index (χ3n) is 1.98. The van der Waals surface area contributed by atoms with Crippen LogP contribution in [0.2, 0.25) is 10.0 Å². The molecule has 0 fully saturated rings. The molecule has 0 atom stereocenters. The molecule has 0 heterocycles. The van der Waals surface area contributed by atoms with Gasteiger partial charge in [-0.15, -0.1) is 6.58 Å². The van der Waals surface area contributed by atoms with E-state index in [-0.39, 0.29) is 0 Å². The largest absolute Gasteiger partial charge is 0.312 e. The molecule has 16 heavy (non-hydrogen) atoms. The summed E-state index contributed by atoms with van der Waals surface area (Å²) in [5.74, 6) is 2.07. The zero-order chi connectivity index (χ0) is 11.8. The fourth-order valence-corrected chi connectivity index (χ4v) is 2.21. The van der Waals surface area contributed by atoms with Gasteiger partial charge in [0.25, 0.3) is 0 Å². The summed E-state index contributed by atoms with van der Waals surface area (Å²) in [6.07, 6.45) is 1.92. The fourth-order valence-electron chi connectivity index (χ4n) is 1.21. The van der Waals surface area contributed by atoms with E-state index in [1.54, 1.807) is 6.07 Å². The van der Waals surface area contributed by atoms with Crippen molar-refractivity contribution in [1.82, 2.24) is 5.32 Å². The van der Waals surface area contributed by atoms with Crippen LogP contribution in [0.1, 0.15) is 5.56 Å². The van der Waals surface area contributed by atoms with Gasteiger partial charge in [-0.1, -0.05) is 29.3 Å². The van der Waals surface area contributed by atoms with Gasteiger partial charge in [0.2, 0.25) is 0 Å². The Bertz CT molecular complexity index is 342. The first-order valence-electron chi connectivity index (χ1n) is 5.07. The van der Waals surface area contributed by atoms with Crippen molar-refractivity contribution in [3.05, 3.63) is 46.5 Å². The fraction of sp³-hybridized carbons (Fsp3) is 0.333. The van der Waals surface area contributed by atoms with Crippen LogP contribution in [0.5, 0.6) is 0 Å².